The molecule has 0 aliphatic heterocycles. The Balaban J connectivity index is 3.49. The van der Waals surface area contributed by atoms with E-state index in [4.69, 9.17) is 4.74 Å². The number of benzene rings is 1. The first-order chi connectivity index (χ1) is 18.2. The number of amides is 3. The minimum absolute atomic E-state index is 0.0805. The highest BCUT2D eigenvalue weighted by molar-refractivity contribution is 5.92. The number of hydrogen-bond donors (Lipinski definition) is 2. The van der Waals surface area contributed by atoms with Gasteiger partial charge in [0, 0.05) is 12.6 Å². The van der Waals surface area contributed by atoms with E-state index in [1.165, 1.54) is 12.8 Å². The quantitative estimate of drug-likeness (QED) is 0.232. The molecule has 0 saturated heterocycles. The van der Waals surface area contributed by atoms with Crippen LogP contribution in [-0.2, 0) is 14.3 Å². The van der Waals surface area contributed by atoms with Gasteiger partial charge in [0.1, 0.15) is 17.7 Å². The van der Waals surface area contributed by atoms with Gasteiger partial charge >= 0.3 is 6.09 Å². The predicted octanol–water partition coefficient (Wildman–Crippen LogP) is 7.00. The van der Waals surface area contributed by atoms with Crippen LogP contribution in [0.4, 0.5) is 4.79 Å². The average Bonchev–Trinajstić information content (AvgIpc) is 2.78. The van der Waals surface area contributed by atoms with Gasteiger partial charge in [-0.1, -0.05) is 76.6 Å². The molecule has 0 bridgehead atoms. The molecular formula is C32H55N3O4. The highest BCUT2D eigenvalue weighted by Gasteiger charge is 2.37. The van der Waals surface area contributed by atoms with Gasteiger partial charge in [0.05, 0.1) is 0 Å². The molecule has 2 unspecified atom stereocenters. The zero-order valence-electron chi connectivity index (χ0n) is 26.3. The Bertz CT molecular complexity index is 920. The molecule has 0 heterocycles. The van der Waals surface area contributed by atoms with Crippen molar-refractivity contribution in [3.05, 3.63) is 34.9 Å². The summed E-state index contributed by atoms with van der Waals surface area (Å²) in [6.45, 7) is 19.9. The van der Waals surface area contributed by atoms with Crippen molar-refractivity contribution in [3.63, 3.8) is 0 Å². The number of nitrogens with one attached hydrogen (secondary N) is 2. The van der Waals surface area contributed by atoms with Crippen molar-refractivity contribution in [2.45, 2.75) is 138 Å². The van der Waals surface area contributed by atoms with Gasteiger partial charge in [0.15, 0.2) is 0 Å². The number of hydrogen-bond acceptors (Lipinski definition) is 4. The second kappa shape index (κ2) is 16.5. The van der Waals surface area contributed by atoms with E-state index in [0.29, 0.717) is 13.0 Å². The van der Waals surface area contributed by atoms with E-state index in [0.717, 1.165) is 42.4 Å². The fourth-order valence-electron chi connectivity index (χ4n) is 4.72. The first kappa shape index (κ1) is 34.5. The third-order valence-electron chi connectivity index (χ3n) is 6.44. The molecule has 0 aliphatic carbocycles. The molecule has 0 fully saturated rings. The van der Waals surface area contributed by atoms with Crippen LogP contribution in [0, 0.1) is 19.8 Å². The summed E-state index contributed by atoms with van der Waals surface area (Å²) in [4.78, 5) is 42.5. The van der Waals surface area contributed by atoms with Crippen LogP contribution in [0.25, 0.3) is 0 Å². The topological polar surface area (TPSA) is 87.7 Å². The van der Waals surface area contributed by atoms with Gasteiger partial charge in [-0.15, -0.1) is 0 Å². The van der Waals surface area contributed by atoms with Gasteiger partial charge in [0.2, 0.25) is 11.8 Å². The summed E-state index contributed by atoms with van der Waals surface area (Å²) in [5, 5.41) is 5.87. The van der Waals surface area contributed by atoms with Crippen molar-refractivity contribution in [2.24, 2.45) is 5.92 Å². The predicted molar refractivity (Wildman–Crippen MR) is 160 cm³/mol. The van der Waals surface area contributed by atoms with Gasteiger partial charge in [-0.3, -0.25) is 9.59 Å². The maximum absolute atomic E-state index is 14.3. The fraction of sp³-hybridized carbons (Fsp3) is 0.719. The highest BCUT2D eigenvalue weighted by atomic mass is 16.6. The Morgan fingerprint density at radius 3 is 2.08 bits per heavy atom. The zero-order valence-corrected chi connectivity index (χ0v) is 26.3. The van der Waals surface area contributed by atoms with Crippen LogP contribution in [0.3, 0.4) is 0 Å². The Labute approximate surface area is 237 Å². The lowest BCUT2D eigenvalue weighted by Crippen LogP contribution is -2.54. The first-order valence-electron chi connectivity index (χ1n) is 14.8. The summed E-state index contributed by atoms with van der Waals surface area (Å²) in [5.41, 5.74) is 2.17. The lowest BCUT2D eigenvalue weighted by molar-refractivity contribution is -0.143. The molecule has 0 saturated carbocycles. The highest BCUT2D eigenvalue weighted by Crippen LogP contribution is 2.28. The standard InChI is InChI=1S/C32H55N3O4/c1-11-12-13-14-15-16-19-35(30(37)27(20-22(2)3)34-31(38)39-32(8,9)10)28(29(36)33-23(4)5)26-18-17-24(6)21-25(26)7/h17-18,21-23,27-28H,11-16,19-20H2,1-10H3,(H,33,36)(H,34,38). The van der Waals surface area contributed by atoms with Gasteiger partial charge in [-0.2, -0.15) is 0 Å². The van der Waals surface area contributed by atoms with Gasteiger partial charge in [0.25, 0.3) is 0 Å². The molecule has 39 heavy (non-hydrogen) atoms. The van der Waals surface area contributed by atoms with Crippen LogP contribution in [0.2, 0.25) is 0 Å². The Hall–Kier alpha value is -2.57. The van der Waals surface area contributed by atoms with Crippen LogP contribution in [0.5, 0.6) is 0 Å². The van der Waals surface area contributed by atoms with E-state index in [1.54, 1.807) is 25.7 Å². The van der Waals surface area contributed by atoms with Crippen LogP contribution in [-0.4, -0.2) is 47.0 Å². The zero-order chi connectivity index (χ0) is 29.8. The molecule has 0 aliphatic rings. The summed E-state index contributed by atoms with van der Waals surface area (Å²) in [6.07, 6.45) is 6.19. The lowest BCUT2D eigenvalue weighted by Gasteiger charge is -2.36. The molecule has 0 radical (unpaired) electrons. The number of carbonyl (C=O) groups is 3. The molecule has 1 rings (SSSR count). The Morgan fingerprint density at radius 1 is 0.923 bits per heavy atom. The summed E-state index contributed by atoms with van der Waals surface area (Å²) in [5.74, 6) is -0.322. The van der Waals surface area contributed by atoms with Crippen molar-refractivity contribution in [2.75, 3.05) is 6.54 Å². The number of nitrogens with zero attached hydrogens (tertiary/aromatic N) is 1. The van der Waals surface area contributed by atoms with Crippen molar-refractivity contribution >= 4 is 17.9 Å². The molecule has 1 aromatic carbocycles. The average molecular weight is 546 g/mol. The molecule has 0 spiro atoms. The van der Waals surface area contributed by atoms with Crippen LogP contribution >= 0.6 is 0 Å². The largest absolute Gasteiger partial charge is 0.444 e. The summed E-state index contributed by atoms with van der Waals surface area (Å²) >= 11 is 0. The molecule has 2 N–H and O–H groups in total. The second-order valence-electron chi connectivity index (χ2n) is 12.6. The normalized spacial score (nSPS) is 13.2. The number of alkyl carbamates (subject to hydrolysis) is 1. The molecule has 2 atom stereocenters. The van der Waals surface area contributed by atoms with Crippen molar-refractivity contribution < 1.29 is 19.1 Å². The SMILES string of the molecule is CCCCCCCCN(C(=O)C(CC(C)C)NC(=O)OC(C)(C)C)C(C(=O)NC(C)C)c1ccc(C)cc1C. The summed E-state index contributed by atoms with van der Waals surface area (Å²) in [7, 11) is 0. The van der Waals surface area contributed by atoms with E-state index in [9.17, 15) is 14.4 Å². The Kier molecular flexibility index (Phi) is 14.6. The van der Waals surface area contributed by atoms with Gasteiger partial charge in [-0.05, 0) is 78.4 Å². The number of ether oxygens (including phenoxy) is 1. The van der Waals surface area contributed by atoms with Gasteiger partial charge in [-0.25, -0.2) is 4.79 Å². The maximum Gasteiger partial charge on any atom is 0.408 e. The monoisotopic (exact) mass is 545 g/mol. The minimum Gasteiger partial charge on any atom is -0.444 e. The second-order valence-corrected chi connectivity index (χ2v) is 12.6. The molecule has 222 valence electrons. The van der Waals surface area contributed by atoms with Crippen LogP contribution in [0.15, 0.2) is 18.2 Å². The molecule has 1 aromatic rings. The Morgan fingerprint density at radius 2 is 1.54 bits per heavy atom. The number of unbranched alkanes of at least 4 members (excludes halogenated alkanes) is 5. The number of carbonyl (C=O) groups excluding carboxylic acids is 3. The van der Waals surface area contributed by atoms with Gasteiger partial charge < -0.3 is 20.3 Å². The van der Waals surface area contributed by atoms with Crippen molar-refractivity contribution in [1.82, 2.24) is 15.5 Å². The van der Waals surface area contributed by atoms with Crippen molar-refractivity contribution in [3.8, 4) is 0 Å². The molecule has 7 nitrogen and oxygen atoms in total. The minimum atomic E-state index is -0.806. The van der Waals surface area contributed by atoms with Crippen LogP contribution < -0.4 is 10.6 Å². The molecule has 7 heteroatoms. The van der Waals surface area contributed by atoms with Crippen LogP contribution in [0.1, 0.15) is 123 Å². The molecule has 0 aromatic heterocycles. The third-order valence-corrected chi connectivity index (χ3v) is 6.44. The van der Waals surface area contributed by atoms with Crippen molar-refractivity contribution in [1.29, 1.82) is 0 Å². The van der Waals surface area contributed by atoms with E-state index in [1.807, 2.05) is 59.7 Å². The third kappa shape index (κ3) is 12.9. The molecule has 3 amide bonds. The fourth-order valence-corrected chi connectivity index (χ4v) is 4.72. The smallest absolute Gasteiger partial charge is 0.408 e. The summed E-state index contributed by atoms with van der Waals surface area (Å²) in [6, 6.07) is 4.29. The van der Waals surface area contributed by atoms with E-state index < -0.39 is 23.8 Å². The molecular weight excluding hydrogens is 490 g/mol. The van der Waals surface area contributed by atoms with E-state index >= 15 is 0 Å². The van der Waals surface area contributed by atoms with E-state index in [2.05, 4.69) is 17.6 Å². The first-order valence-corrected chi connectivity index (χ1v) is 14.8. The number of rotatable bonds is 15. The maximum atomic E-state index is 14.3. The summed E-state index contributed by atoms with van der Waals surface area (Å²) < 4.78 is 5.49. The number of aryl methyl sites for hydroxylation is 2. The van der Waals surface area contributed by atoms with E-state index in [-0.39, 0.29) is 23.8 Å². The lowest BCUT2D eigenvalue weighted by atomic mass is 9.95.